The van der Waals surface area contributed by atoms with Gasteiger partial charge in [0.1, 0.15) is 0 Å². The third kappa shape index (κ3) is 10.9. The van der Waals surface area contributed by atoms with Gasteiger partial charge in [0.15, 0.2) is 0 Å². The van der Waals surface area contributed by atoms with E-state index in [2.05, 4.69) is 10.6 Å². The molecule has 0 aromatic carbocycles. The molecule has 1 rings (SSSR count). The van der Waals surface area contributed by atoms with Crippen LogP contribution in [0.25, 0.3) is 0 Å². The molecule has 0 unspecified atom stereocenters. The summed E-state index contributed by atoms with van der Waals surface area (Å²) < 4.78 is 21.5. The van der Waals surface area contributed by atoms with Gasteiger partial charge in [0, 0.05) is 26.2 Å². The monoisotopic (exact) mass is 262 g/mol. The minimum Gasteiger partial charge on any atom is -0.378 e. The second-order valence-electron chi connectivity index (χ2n) is 3.95. The van der Waals surface area contributed by atoms with Crippen LogP contribution in [0.2, 0.25) is 0 Å². The van der Waals surface area contributed by atoms with Crippen molar-refractivity contribution >= 4 is 0 Å². The first-order valence-electron chi connectivity index (χ1n) is 6.72. The van der Waals surface area contributed by atoms with Crippen molar-refractivity contribution in [2.24, 2.45) is 0 Å². The topological polar surface area (TPSA) is 61.0 Å². The summed E-state index contributed by atoms with van der Waals surface area (Å²) in [4.78, 5) is 0. The van der Waals surface area contributed by atoms with Gasteiger partial charge >= 0.3 is 0 Å². The van der Waals surface area contributed by atoms with E-state index in [1.165, 1.54) is 0 Å². The van der Waals surface area contributed by atoms with Gasteiger partial charge < -0.3 is 29.6 Å². The first-order chi connectivity index (χ1) is 9.00. The van der Waals surface area contributed by atoms with Crippen LogP contribution in [-0.2, 0) is 18.9 Å². The molecule has 0 aromatic rings. The molecular formula is C12H26N2O4. The number of hydrogen-bond donors (Lipinski definition) is 2. The summed E-state index contributed by atoms with van der Waals surface area (Å²) in [6.07, 6.45) is 0. The third-order valence-electron chi connectivity index (χ3n) is 2.44. The first-order valence-corrected chi connectivity index (χ1v) is 6.72. The highest BCUT2D eigenvalue weighted by molar-refractivity contribution is 4.51. The SMILES string of the molecule is C1CNCCOCCOCCOCCOCCN1. The Bertz CT molecular complexity index is 97.1. The number of hydrogen-bond acceptors (Lipinski definition) is 6. The van der Waals surface area contributed by atoms with E-state index in [4.69, 9.17) is 18.9 Å². The van der Waals surface area contributed by atoms with Gasteiger partial charge in [-0.2, -0.15) is 0 Å². The van der Waals surface area contributed by atoms with Crippen LogP contribution in [0.3, 0.4) is 0 Å². The molecule has 1 aliphatic heterocycles. The molecule has 0 radical (unpaired) electrons. The lowest BCUT2D eigenvalue weighted by Gasteiger charge is -2.10. The molecule has 108 valence electrons. The Hall–Kier alpha value is -0.240. The third-order valence-corrected chi connectivity index (χ3v) is 2.44. The molecule has 0 amide bonds. The predicted octanol–water partition coefficient (Wildman–Crippen LogP) is -0.754. The first kappa shape index (κ1) is 15.8. The van der Waals surface area contributed by atoms with Gasteiger partial charge in [-0.15, -0.1) is 0 Å². The van der Waals surface area contributed by atoms with E-state index in [9.17, 15) is 0 Å². The van der Waals surface area contributed by atoms with Crippen molar-refractivity contribution in [1.29, 1.82) is 0 Å². The lowest BCUT2D eigenvalue weighted by molar-refractivity contribution is -0.00142. The lowest BCUT2D eigenvalue weighted by atomic mass is 10.5. The van der Waals surface area contributed by atoms with Crippen molar-refractivity contribution in [1.82, 2.24) is 10.6 Å². The molecular weight excluding hydrogens is 236 g/mol. The molecule has 0 atom stereocenters. The molecule has 0 aliphatic carbocycles. The van der Waals surface area contributed by atoms with Gasteiger partial charge in [0.05, 0.1) is 52.9 Å². The quantitative estimate of drug-likeness (QED) is 0.599. The van der Waals surface area contributed by atoms with E-state index in [0.29, 0.717) is 39.6 Å². The van der Waals surface area contributed by atoms with Gasteiger partial charge in [-0.1, -0.05) is 0 Å². The molecule has 0 bridgehead atoms. The highest BCUT2D eigenvalue weighted by Crippen LogP contribution is 1.83. The van der Waals surface area contributed by atoms with Crippen molar-refractivity contribution in [2.45, 2.75) is 0 Å². The number of rotatable bonds is 0. The Morgan fingerprint density at radius 3 is 1.11 bits per heavy atom. The molecule has 0 spiro atoms. The van der Waals surface area contributed by atoms with E-state index in [-0.39, 0.29) is 0 Å². The fraction of sp³-hybridized carbons (Fsp3) is 1.00. The second-order valence-corrected chi connectivity index (χ2v) is 3.95. The molecule has 1 fully saturated rings. The molecule has 1 saturated heterocycles. The Morgan fingerprint density at radius 2 is 0.722 bits per heavy atom. The lowest BCUT2D eigenvalue weighted by Crippen LogP contribution is -2.31. The van der Waals surface area contributed by atoms with Crippen molar-refractivity contribution in [3.05, 3.63) is 0 Å². The largest absolute Gasteiger partial charge is 0.378 e. The van der Waals surface area contributed by atoms with Crippen molar-refractivity contribution < 1.29 is 18.9 Å². The van der Waals surface area contributed by atoms with Crippen LogP contribution in [0.4, 0.5) is 0 Å². The van der Waals surface area contributed by atoms with E-state index in [1.54, 1.807) is 0 Å². The Labute approximate surface area is 109 Å². The second kappa shape index (κ2) is 13.2. The van der Waals surface area contributed by atoms with Gasteiger partial charge in [-0.05, 0) is 0 Å². The van der Waals surface area contributed by atoms with Crippen molar-refractivity contribution in [3.8, 4) is 0 Å². The summed E-state index contributed by atoms with van der Waals surface area (Å²) in [6, 6.07) is 0. The molecule has 1 aliphatic rings. The molecule has 2 N–H and O–H groups in total. The maximum atomic E-state index is 5.41. The van der Waals surface area contributed by atoms with Crippen LogP contribution >= 0.6 is 0 Å². The summed E-state index contributed by atoms with van der Waals surface area (Å²) in [5.41, 5.74) is 0. The van der Waals surface area contributed by atoms with Gasteiger partial charge in [0.25, 0.3) is 0 Å². The summed E-state index contributed by atoms with van der Waals surface area (Å²) in [7, 11) is 0. The van der Waals surface area contributed by atoms with Crippen molar-refractivity contribution in [3.63, 3.8) is 0 Å². The summed E-state index contributed by atoms with van der Waals surface area (Å²) in [6.45, 7) is 8.86. The zero-order valence-electron chi connectivity index (χ0n) is 11.1. The van der Waals surface area contributed by atoms with Gasteiger partial charge in [-0.3, -0.25) is 0 Å². The minimum atomic E-state index is 0.614. The highest BCUT2D eigenvalue weighted by atomic mass is 16.6. The number of ether oxygens (including phenoxy) is 4. The Balaban J connectivity index is 2.00. The molecule has 0 aromatic heterocycles. The fourth-order valence-corrected chi connectivity index (χ4v) is 1.48. The van der Waals surface area contributed by atoms with Crippen molar-refractivity contribution in [2.75, 3.05) is 79.0 Å². The van der Waals surface area contributed by atoms with E-state index in [1.807, 2.05) is 0 Å². The normalized spacial score (nSPS) is 24.0. The zero-order valence-corrected chi connectivity index (χ0v) is 11.1. The van der Waals surface area contributed by atoms with E-state index in [0.717, 1.165) is 39.4 Å². The van der Waals surface area contributed by atoms with Crippen LogP contribution in [0, 0.1) is 0 Å². The number of nitrogens with one attached hydrogen (secondary N) is 2. The fourth-order valence-electron chi connectivity index (χ4n) is 1.48. The van der Waals surface area contributed by atoms with Gasteiger partial charge in [0.2, 0.25) is 0 Å². The average Bonchev–Trinajstić information content (AvgIpc) is 2.39. The van der Waals surface area contributed by atoms with Gasteiger partial charge in [-0.25, -0.2) is 0 Å². The van der Waals surface area contributed by atoms with E-state index >= 15 is 0 Å². The molecule has 0 saturated carbocycles. The summed E-state index contributed by atoms with van der Waals surface area (Å²) in [5, 5.41) is 6.60. The summed E-state index contributed by atoms with van der Waals surface area (Å²) >= 11 is 0. The van der Waals surface area contributed by atoms with Crippen LogP contribution in [0.1, 0.15) is 0 Å². The van der Waals surface area contributed by atoms with Crippen LogP contribution in [0.5, 0.6) is 0 Å². The van der Waals surface area contributed by atoms with Crippen LogP contribution in [-0.4, -0.2) is 79.0 Å². The summed E-state index contributed by atoms with van der Waals surface area (Å²) in [5.74, 6) is 0. The standard InChI is InChI=1S/C12H26N2O4/c1-2-14-4-6-16-8-10-18-12-11-17-9-7-15-5-3-13-1/h13-14H,1-12H2. The minimum absolute atomic E-state index is 0.614. The van der Waals surface area contributed by atoms with E-state index < -0.39 is 0 Å². The molecule has 18 heavy (non-hydrogen) atoms. The zero-order chi connectivity index (χ0) is 12.7. The highest BCUT2D eigenvalue weighted by Gasteiger charge is 1.94. The Morgan fingerprint density at radius 1 is 0.389 bits per heavy atom. The molecule has 1 heterocycles. The van der Waals surface area contributed by atoms with Crippen LogP contribution in [0.15, 0.2) is 0 Å². The van der Waals surface area contributed by atoms with Crippen LogP contribution < -0.4 is 10.6 Å². The smallest absolute Gasteiger partial charge is 0.0701 e. The molecule has 6 nitrogen and oxygen atoms in total. The predicted molar refractivity (Wildman–Crippen MR) is 69.0 cm³/mol. The maximum Gasteiger partial charge on any atom is 0.0701 e. The maximum absolute atomic E-state index is 5.41. The molecule has 6 heteroatoms. The average molecular weight is 262 g/mol. The Kier molecular flexibility index (Phi) is 11.6.